The molecule has 0 saturated carbocycles. The maximum atomic E-state index is 11.5. The Kier molecular flexibility index (Phi) is 7.07. The van der Waals surface area contributed by atoms with Crippen molar-refractivity contribution in [3.8, 4) is 5.75 Å². The lowest BCUT2D eigenvalue weighted by Crippen LogP contribution is -2.43. The number of methoxy groups -OCH3 is 1. The van der Waals surface area contributed by atoms with E-state index in [1.54, 1.807) is 38.3 Å². The van der Waals surface area contributed by atoms with Gasteiger partial charge < -0.3 is 20.1 Å². The van der Waals surface area contributed by atoms with Crippen LogP contribution in [0.2, 0.25) is 5.02 Å². The van der Waals surface area contributed by atoms with Crippen molar-refractivity contribution in [2.45, 2.75) is 19.6 Å². The summed E-state index contributed by atoms with van der Waals surface area (Å²) in [4.78, 5) is 11.5. The first-order valence-corrected chi connectivity index (χ1v) is 6.45. The predicted octanol–water partition coefficient (Wildman–Crippen LogP) is 2.40. The van der Waals surface area contributed by atoms with Crippen molar-refractivity contribution in [1.82, 2.24) is 10.6 Å². The van der Waals surface area contributed by atoms with Gasteiger partial charge in [0.05, 0.1) is 0 Å². The van der Waals surface area contributed by atoms with Crippen LogP contribution in [0.1, 0.15) is 13.3 Å². The molecule has 0 radical (unpaired) electrons. The highest BCUT2D eigenvalue weighted by Gasteiger charge is 2.07. The average Bonchev–Trinajstić information content (AvgIpc) is 2.37. The molecule has 0 spiro atoms. The molecular weight excluding hydrogens is 268 g/mol. The molecule has 1 rings (SSSR count). The molecule has 1 aromatic rings. The van der Waals surface area contributed by atoms with Crippen molar-refractivity contribution >= 4 is 17.6 Å². The van der Waals surface area contributed by atoms with Gasteiger partial charge in [0.15, 0.2) is 6.23 Å². The van der Waals surface area contributed by atoms with Gasteiger partial charge in [0.25, 0.3) is 0 Å². The number of benzene rings is 1. The van der Waals surface area contributed by atoms with Gasteiger partial charge in [0, 0.05) is 25.3 Å². The first kappa shape index (κ1) is 15.6. The number of carbonyl (C=O) groups is 1. The Morgan fingerprint density at radius 3 is 2.68 bits per heavy atom. The normalized spacial score (nSPS) is 11.7. The number of hydrogen-bond acceptors (Lipinski definition) is 3. The van der Waals surface area contributed by atoms with Crippen LogP contribution >= 0.6 is 11.6 Å². The highest BCUT2D eigenvalue weighted by molar-refractivity contribution is 6.30. The summed E-state index contributed by atoms with van der Waals surface area (Å²) >= 11 is 5.77. The van der Waals surface area contributed by atoms with Crippen LogP contribution < -0.4 is 15.4 Å². The molecule has 6 heteroatoms. The Labute approximate surface area is 118 Å². The molecule has 106 valence electrons. The van der Waals surface area contributed by atoms with E-state index in [4.69, 9.17) is 21.1 Å². The van der Waals surface area contributed by atoms with Crippen LogP contribution in [-0.2, 0) is 4.74 Å². The minimum absolute atomic E-state index is 0.266. The number of hydrogen-bond donors (Lipinski definition) is 2. The lowest BCUT2D eigenvalue weighted by Gasteiger charge is -2.16. The second kappa shape index (κ2) is 8.61. The third-order valence-electron chi connectivity index (χ3n) is 2.27. The van der Waals surface area contributed by atoms with E-state index >= 15 is 0 Å². The van der Waals surface area contributed by atoms with E-state index in [2.05, 4.69) is 10.6 Å². The Morgan fingerprint density at radius 1 is 1.37 bits per heavy atom. The Balaban J connectivity index is 2.24. The maximum absolute atomic E-state index is 11.5. The van der Waals surface area contributed by atoms with Gasteiger partial charge in [-0.15, -0.1) is 0 Å². The molecule has 0 aliphatic heterocycles. The van der Waals surface area contributed by atoms with E-state index < -0.39 is 6.23 Å². The molecule has 19 heavy (non-hydrogen) atoms. The molecule has 0 saturated heterocycles. The summed E-state index contributed by atoms with van der Waals surface area (Å²) < 4.78 is 10.4. The number of ether oxygens (including phenoxy) is 2. The second-order valence-electron chi connectivity index (χ2n) is 3.96. The van der Waals surface area contributed by atoms with Crippen LogP contribution in [0.5, 0.6) is 5.75 Å². The van der Waals surface area contributed by atoms with Crippen LogP contribution in [0.4, 0.5) is 4.79 Å². The zero-order valence-corrected chi connectivity index (χ0v) is 11.9. The molecule has 0 bridgehead atoms. The van der Waals surface area contributed by atoms with Crippen LogP contribution in [0.15, 0.2) is 24.3 Å². The summed E-state index contributed by atoms with van der Waals surface area (Å²) in [6.45, 7) is 2.94. The molecule has 0 aliphatic rings. The molecule has 0 fully saturated rings. The van der Waals surface area contributed by atoms with Gasteiger partial charge in [0.1, 0.15) is 5.75 Å². The summed E-state index contributed by atoms with van der Waals surface area (Å²) in [7, 11) is 1.63. The monoisotopic (exact) mass is 286 g/mol. The van der Waals surface area contributed by atoms with Crippen molar-refractivity contribution in [1.29, 1.82) is 0 Å². The lowest BCUT2D eigenvalue weighted by atomic mass is 10.3. The number of halogens is 1. The van der Waals surface area contributed by atoms with Crippen molar-refractivity contribution < 1.29 is 14.3 Å². The molecule has 2 amide bonds. The van der Waals surface area contributed by atoms with Crippen LogP contribution in [0.25, 0.3) is 0 Å². The fourth-order valence-electron chi connectivity index (χ4n) is 1.40. The quantitative estimate of drug-likeness (QED) is 0.598. The van der Waals surface area contributed by atoms with Crippen molar-refractivity contribution in [2.75, 3.05) is 20.3 Å². The molecule has 0 aromatic heterocycles. The van der Waals surface area contributed by atoms with Crippen molar-refractivity contribution in [2.24, 2.45) is 0 Å². The topological polar surface area (TPSA) is 59.6 Å². The van der Waals surface area contributed by atoms with E-state index in [0.29, 0.717) is 23.9 Å². The molecule has 5 nitrogen and oxygen atoms in total. The second-order valence-corrected chi connectivity index (χ2v) is 4.40. The average molecular weight is 287 g/mol. The summed E-state index contributed by atoms with van der Waals surface area (Å²) in [6, 6.07) is 6.69. The van der Waals surface area contributed by atoms with Crippen LogP contribution in [0, 0.1) is 0 Å². The molecule has 0 heterocycles. The fourth-order valence-corrected chi connectivity index (χ4v) is 1.53. The Hall–Kier alpha value is -1.46. The van der Waals surface area contributed by atoms with Crippen molar-refractivity contribution in [3.05, 3.63) is 29.3 Å². The number of nitrogens with one attached hydrogen (secondary N) is 2. The Morgan fingerprint density at radius 2 is 2.05 bits per heavy atom. The number of rotatable bonds is 7. The molecule has 2 N–H and O–H groups in total. The standard InChI is InChI=1S/C13H19ClN2O3/c1-10(16-13(17)15-8-3-9-18-2)19-12-6-4-11(14)5-7-12/h4-7,10H,3,8-9H2,1-2H3,(H2,15,16,17). The molecular formula is C13H19ClN2O3. The van der Waals surface area contributed by atoms with E-state index in [0.717, 1.165) is 6.42 Å². The van der Waals surface area contributed by atoms with E-state index in [9.17, 15) is 4.79 Å². The zero-order chi connectivity index (χ0) is 14.1. The molecule has 1 unspecified atom stereocenters. The fraction of sp³-hybridized carbons (Fsp3) is 0.462. The number of carbonyl (C=O) groups excluding carboxylic acids is 1. The third kappa shape index (κ3) is 6.88. The molecule has 0 aliphatic carbocycles. The third-order valence-corrected chi connectivity index (χ3v) is 2.52. The van der Waals surface area contributed by atoms with Crippen LogP contribution in [-0.4, -0.2) is 32.5 Å². The van der Waals surface area contributed by atoms with E-state index in [1.807, 2.05) is 0 Å². The van der Waals surface area contributed by atoms with E-state index in [1.165, 1.54) is 0 Å². The molecule has 1 atom stereocenters. The van der Waals surface area contributed by atoms with Gasteiger partial charge >= 0.3 is 6.03 Å². The summed E-state index contributed by atoms with van der Waals surface area (Å²) in [5.41, 5.74) is 0. The van der Waals surface area contributed by atoms with Crippen LogP contribution in [0.3, 0.4) is 0 Å². The minimum atomic E-state index is -0.427. The largest absolute Gasteiger partial charge is 0.471 e. The Bertz CT molecular complexity index is 384. The number of urea groups is 1. The van der Waals surface area contributed by atoms with Crippen molar-refractivity contribution in [3.63, 3.8) is 0 Å². The van der Waals surface area contributed by atoms with Gasteiger partial charge in [-0.05, 0) is 37.6 Å². The SMILES string of the molecule is COCCCNC(=O)NC(C)Oc1ccc(Cl)cc1. The van der Waals surface area contributed by atoms with Gasteiger partial charge in [0.2, 0.25) is 0 Å². The highest BCUT2D eigenvalue weighted by atomic mass is 35.5. The first-order valence-electron chi connectivity index (χ1n) is 6.07. The zero-order valence-electron chi connectivity index (χ0n) is 11.1. The minimum Gasteiger partial charge on any atom is -0.471 e. The lowest BCUT2D eigenvalue weighted by molar-refractivity contribution is 0.174. The summed E-state index contributed by atoms with van der Waals surface area (Å²) in [5.74, 6) is 0.650. The molecule has 1 aromatic carbocycles. The van der Waals surface area contributed by atoms with Gasteiger partial charge in [-0.1, -0.05) is 11.6 Å². The first-order chi connectivity index (χ1) is 9.11. The summed E-state index contributed by atoms with van der Waals surface area (Å²) in [6.07, 6.45) is 0.347. The van der Waals surface area contributed by atoms with Gasteiger partial charge in [-0.3, -0.25) is 0 Å². The predicted molar refractivity (Wildman–Crippen MR) is 74.6 cm³/mol. The summed E-state index contributed by atoms with van der Waals surface area (Å²) in [5, 5.41) is 6.03. The maximum Gasteiger partial charge on any atom is 0.317 e. The highest BCUT2D eigenvalue weighted by Crippen LogP contribution is 2.16. The smallest absolute Gasteiger partial charge is 0.317 e. The van der Waals surface area contributed by atoms with Gasteiger partial charge in [-0.25, -0.2) is 4.79 Å². The van der Waals surface area contributed by atoms with E-state index in [-0.39, 0.29) is 6.03 Å². The van der Waals surface area contributed by atoms with Gasteiger partial charge in [-0.2, -0.15) is 0 Å². The number of amides is 2.